The molecule has 3 heteroatoms. The minimum atomic E-state index is 0.135. The van der Waals surface area contributed by atoms with E-state index in [2.05, 4.69) is 32.3 Å². The lowest BCUT2D eigenvalue weighted by atomic mass is 9.66. The van der Waals surface area contributed by atoms with Crippen molar-refractivity contribution in [3.63, 3.8) is 0 Å². The van der Waals surface area contributed by atoms with Gasteiger partial charge in [-0.05, 0) is 41.9 Å². The van der Waals surface area contributed by atoms with E-state index in [0.29, 0.717) is 12.0 Å². The summed E-state index contributed by atoms with van der Waals surface area (Å²) in [5.74, 6) is 0.757. The summed E-state index contributed by atoms with van der Waals surface area (Å²) in [6.45, 7) is 4.90. The smallest absolute Gasteiger partial charge is 0.0490 e. The maximum Gasteiger partial charge on any atom is 0.0490 e. The molecule has 0 aromatic heterocycles. The van der Waals surface area contributed by atoms with Crippen molar-refractivity contribution in [2.24, 2.45) is 16.7 Å². The maximum atomic E-state index is 9.49. The number of aliphatic hydroxyl groups excluding tert-OH is 1. The van der Waals surface area contributed by atoms with Gasteiger partial charge < -0.3 is 5.11 Å². The third kappa shape index (κ3) is 1.69. The van der Waals surface area contributed by atoms with Gasteiger partial charge in [0.2, 0.25) is 0 Å². The summed E-state index contributed by atoms with van der Waals surface area (Å²) in [6, 6.07) is 0. The van der Waals surface area contributed by atoms with Crippen LogP contribution in [-0.2, 0) is 0 Å². The maximum absolute atomic E-state index is 9.49. The topological polar surface area (TPSA) is 20.2 Å². The van der Waals surface area contributed by atoms with Crippen LogP contribution in [0.1, 0.15) is 26.7 Å². The molecule has 0 bridgehead atoms. The lowest BCUT2D eigenvalue weighted by molar-refractivity contribution is 0.0344. The Morgan fingerprint density at radius 1 is 1.38 bits per heavy atom. The minimum absolute atomic E-state index is 0.135. The molecule has 1 aliphatic carbocycles. The molecule has 1 rings (SSSR count). The van der Waals surface area contributed by atoms with Crippen LogP contribution in [0.15, 0.2) is 0 Å². The Hall–Kier alpha value is 0.820. The molecule has 5 unspecified atom stereocenters. The third-order valence-corrected chi connectivity index (χ3v) is 5.80. The van der Waals surface area contributed by atoms with E-state index in [0.717, 1.165) is 12.1 Å². The highest BCUT2D eigenvalue weighted by molar-refractivity contribution is 7.17. The highest BCUT2D eigenvalue weighted by Gasteiger charge is 2.52. The average molecular weight is 220 g/mol. The van der Waals surface area contributed by atoms with Crippen molar-refractivity contribution in [3.05, 3.63) is 0 Å². The molecule has 0 heterocycles. The van der Waals surface area contributed by atoms with Crippen molar-refractivity contribution in [2.45, 2.75) is 26.7 Å². The number of hydrogen-bond acceptors (Lipinski definition) is 1. The van der Waals surface area contributed by atoms with E-state index in [9.17, 15) is 5.11 Å². The van der Waals surface area contributed by atoms with Crippen molar-refractivity contribution in [2.75, 3.05) is 18.9 Å². The summed E-state index contributed by atoms with van der Waals surface area (Å²) in [7, 11) is 5.71. The summed E-state index contributed by atoms with van der Waals surface area (Å²) in [6.07, 6.45) is 4.71. The molecule has 0 aliphatic heterocycles. The Labute approximate surface area is 86.5 Å². The second kappa shape index (κ2) is 4.13. The molecular weight excluding hydrogens is 198 g/mol. The van der Waals surface area contributed by atoms with E-state index >= 15 is 0 Å². The van der Waals surface area contributed by atoms with Gasteiger partial charge in [-0.1, -0.05) is 13.8 Å². The van der Waals surface area contributed by atoms with Crippen LogP contribution in [-0.4, -0.2) is 24.0 Å². The van der Waals surface area contributed by atoms with Crippen molar-refractivity contribution >= 4 is 18.5 Å². The molecule has 1 nitrogen and oxygen atoms in total. The number of hydrogen-bond donors (Lipinski definition) is 1. The first-order chi connectivity index (χ1) is 6.04. The SMILES string of the molecule is CC1(CO)CCC(CP)C1(C)CP. The van der Waals surface area contributed by atoms with Gasteiger partial charge in [0.05, 0.1) is 0 Å². The Kier molecular flexibility index (Phi) is 3.78. The number of aliphatic hydroxyl groups is 1. The van der Waals surface area contributed by atoms with Gasteiger partial charge in [0, 0.05) is 6.61 Å². The van der Waals surface area contributed by atoms with E-state index in [1.807, 2.05) is 0 Å². The molecule has 1 N–H and O–H groups in total. The van der Waals surface area contributed by atoms with Gasteiger partial charge >= 0.3 is 0 Å². The van der Waals surface area contributed by atoms with Crippen LogP contribution in [0.5, 0.6) is 0 Å². The van der Waals surface area contributed by atoms with Gasteiger partial charge in [0.15, 0.2) is 0 Å². The standard InChI is InChI=1S/C10H22OP2/c1-9(6-11)4-3-8(5-12)10(9,2)7-13/h8,11H,3-7,12-13H2,1-2H3. The molecule has 13 heavy (non-hydrogen) atoms. The quantitative estimate of drug-likeness (QED) is 0.722. The zero-order valence-electron chi connectivity index (χ0n) is 8.71. The molecule has 0 amide bonds. The van der Waals surface area contributed by atoms with E-state index in [1.165, 1.54) is 19.0 Å². The van der Waals surface area contributed by atoms with Gasteiger partial charge in [-0.2, -0.15) is 0 Å². The zero-order chi connectivity index (χ0) is 10.1. The van der Waals surface area contributed by atoms with Crippen LogP contribution in [0.2, 0.25) is 0 Å². The van der Waals surface area contributed by atoms with Crippen LogP contribution in [0.25, 0.3) is 0 Å². The lowest BCUT2D eigenvalue weighted by Crippen LogP contribution is -2.41. The van der Waals surface area contributed by atoms with E-state index in [-0.39, 0.29) is 5.41 Å². The molecule has 1 aliphatic rings. The van der Waals surface area contributed by atoms with Crippen molar-refractivity contribution in [3.8, 4) is 0 Å². The molecule has 0 saturated heterocycles. The molecule has 0 radical (unpaired) electrons. The summed E-state index contributed by atoms with van der Waals surface area (Å²) >= 11 is 0. The minimum Gasteiger partial charge on any atom is -0.396 e. The molecule has 5 atom stereocenters. The molecular formula is C10H22OP2. The Bertz CT molecular complexity index is 186. The Morgan fingerprint density at radius 2 is 2.00 bits per heavy atom. The normalized spacial score (nSPS) is 45.5. The monoisotopic (exact) mass is 220 g/mol. The predicted octanol–water partition coefficient (Wildman–Crippen LogP) is 2.15. The average Bonchev–Trinajstić information content (AvgIpc) is 2.41. The van der Waals surface area contributed by atoms with Gasteiger partial charge in [0.1, 0.15) is 0 Å². The van der Waals surface area contributed by atoms with E-state index in [1.54, 1.807) is 0 Å². The fraction of sp³-hybridized carbons (Fsp3) is 1.00. The van der Waals surface area contributed by atoms with Crippen LogP contribution in [0.4, 0.5) is 0 Å². The van der Waals surface area contributed by atoms with Crippen molar-refractivity contribution in [1.82, 2.24) is 0 Å². The van der Waals surface area contributed by atoms with Crippen molar-refractivity contribution in [1.29, 1.82) is 0 Å². The first-order valence-electron chi connectivity index (χ1n) is 5.05. The molecule has 0 aromatic rings. The van der Waals surface area contributed by atoms with E-state index < -0.39 is 0 Å². The van der Waals surface area contributed by atoms with Crippen LogP contribution >= 0.6 is 18.5 Å². The summed E-state index contributed by atoms with van der Waals surface area (Å²) in [5.41, 5.74) is 0.435. The fourth-order valence-corrected chi connectivity index (χ4v) is 4.22. The molecule has 0 spiro atoms. The molecule has 1 fully saturated rings. The van der Waals surface area contributed by atoms with Crippen molar-refractivity contribution < 1.29 is 5.11 Å². The lowest BCUT2D eigenvalue weighted by Gasteiger charge is -2.43. The van der Waals surface area contributed by atoms with Gasteiger partial charge in [-0.15, -0.1) is 18.5 Å². The summed E-state index contributed by atoms with van der Waals surface area (Å²) in [5, 5.41) is 9.49. The largest absolute Gasteiger partial charge is 0.396 e. The van der Waals surface area contributed by atoms with Crippen LogP contribution < -0.4 is 0 Å². The predicted molar refractivity (Wildman–Crippen MR) is 65.2 cm³/mol. The van der Waals surface area contributed by atoms with Gasteiger partial charge in [-0.3, -0.25) is 0 Å². The first-order valence-corrected chi connectivity index (χ1v) is 6.68. The first kappa shape index (κ1) is 11.9. The zero-order valence-corrected chi connectivity index (χ0v) is 11.0. The summed E-state index contributed by atoms with van der Waals surface area (Å²) < 4.78 is 0. The highest BCUT2D eigenvalue weighted by Crippen LogP contribution is 2.57. The van der Waals surface area contributed by atoms with Crippen LogP contribution in [0, 0.1) is 16.7 Å². The number of rotatable bonds is 3. The van der Waals surface area contributed by atoms with Gasteiger partial charge in [0.25, 0.3) is 0 Å². The Morgan fingerprint density at radius 3 is 2.38 bits per heavy atom. The fourth-order valence-electron chi connectivity index (χ4n) is 2.64. The third-order valence-electron chi connectivity index (χ3n) is 4.38. The van der Waals surface area contributed by atoms with Gasteiger partial charge in [-0.25, -0.2) is 0 Å². The van der Waals surface area contributed by atoms with Crippen LogP contribution in [0.3, 0.4) is 0 Å². The second-order valence-corrected chi connectivity index (χ2v) is 5.69. The molecule has 0 aromatic carbocycles. The molecule has 78 valence electrons. The molecule has 1 saturated carbocycles. The highest BCUT2D eigenvalue weighted by atomic mass is 31.0. The Balaban J connectivity index is 2.91. The second-order valence-electron chi connectivity index (χ2n) is 4.81. The van der Waals surface area contributed by atoms with E-state index in [4.69, 9.17) is 0 Å². The summed E-state index contributed by atoms with van der Waals surface area (Å²) in [4.78, 5) is 0.